The maximum absolute atomic E-state index is 4.42. The highest BCUT2D eigenvalue weighted by Crippen LogP contribution is 2.27. The molecule has 0 spiro atoms. The fourth-order valence-corrected chi connectivity index (χ4v) is 2.43. The molecule has 0 bridgehead atoms. The van der Waals surface area contributed by atoms with Gasteiger partial charge < -0.3 is 10.3 Å². The molecule has 2 rings (SSSR count). The maximum atomic E-state index is 4.42. The summed E-state index contributed by atoms with van der Waals surface area (Å²) in [4.78, 5) is 7.67. The van der Waals surface area contributed by atoms with Crippen LogP contribution in [0.2, 0.25) is 0 Å². The van der Waals surface area contributed by atoms with E-state index < -0.39 is 0 Å². The van der Waals surface area contributed by atoms with Gasteiger partial charge in [0, 0.05) is 12.4 Å². The van der Waals surface area contributed by atoms with Gasteiger partial charge in [0.2, 0.25) is 0 Å². The molecule has 1 unspecified atom stereocenters. The Labute approximate surface area is 104 Å². The summed E-state index contributed by atoms with van der Waals surface area (Å²) >= 11 is 0. The molecule has 1 aromatic rings. The topological polar surface area (TPSA) is 40.7 Å². The van der Waals surface area contributed by atoms with Gasteiger partial charge in [-0.25, -0.2) is 4.98 Å². The van der Waals surface area contributed by atoms with Crippen molar-refractivity contribution in [3.8, 4) is 0 Å². The Balaban J connectivity index is 2.11. The predicted octanol–water partition coefficient (Wildman–Crippen LogP) is 3.34. The highest BCUT2D eigenvalue weighted by molar-refractivity contribution is 5.18. The number of nitrogens with one attached hydrogen (secondary N) is 2. The quantitative estimate of drug-likeness (QED) is 0.766. The second-order valence-electron chi connectivity index (χ2n) is 4.74. The Morgan fingerprint density at radius 3 is 3.12 bits per heavy atom. The highest BCUT2D eigenvalue weighted by Gasteiger charge is 2.18. The van der Waals surface area contributed by atoms with Crippen molar-refractivity contribution in [2.24, 2.45) is 0 Å². The second-order valence-corrected chi connectivity index (χ2v) is 4.74. The normalized spacial score (nSPS) is 18.5. The maximum Gasteiger partial charge on any atom is 0.127 e. The van der Waals surface area contributed by atoms with Crippen molar-refractivity contribution in [1.29, 1.82) is 0 Å². The molecule has 0 radical (unpaired) electrons. The van der Waals surface area contributed by atoms with Crippen molar-refractivity contribution >= 4 is 0 Å². The summed E-state index contributed by atoms with van der Waals surface area (Å²) in [5.41, 5.74) is 1.52. The van der Waals surface area contributed by atoms with Crippen LogP contribution in [0.25, 0.3) is 0 Å². The molecule has 3 heteroatoms. The molecule has 0 amide bonds. The Morgan fingerprint density at radius 1 is 1.41 bits per heavy atom. The smallest absolute Gasteiger partial charge is 0.127 e. The number of aromatic nitrogens is 2. The molecular weight excluding hydrogens is 210 g/mol. The minimum atomic E-state index is 0.294. The van der Waals surface area contributed by atoms with Crippen LogP contribution in [0.3, 0.4) is 0 Å². The van der Waals surface area contributed by atoms with Crippen molar-refractivity contribution < 1.29 is 0 Å². The number of imidazole rings is 1. The summed E-state index contributed by atoms with van der Waals surface area (Å²) < 4.78 is 0. The lowest BCUT2D eigenvalue weighted by molar-refractivity contribution is 0.547. The van der Waals surface area contributed by atoms with Gasteiger partial charge in [-0.05, 0) is 44.2 Å². The summed E-state index contributed by atoms with van der Waals surface area (Å²) in [5, 5.41) is 3.61. The first-order chi connectivity index (χ1) is 8.42. The molecule has 1 aromatic heterocycles. The fraction of sp³-hybridized carbons (Fsp3) is 0.643. The number of rotatable bonds is 5. The van der Waals surface area contributed by atoms with Crippen LogP contribution in [-0.4, -0.2) is 16.5 Å². The van der Waals surface area contributed by atoms with E-state index >= 15 is 0 Å². The van der Waals surface area contributed by atoms with Crippen LogP contribution in [0, 0.1) is 0 Å². The van der Waals surface area contributed by atoms with E-state index in [2.05, 4.69) is 28.3 Å². The molecule has 1 aliphatic carbocycles. The Bertz CT molecular complexity index is 340. The summed E-state index contributed by atoms with van der Waals surface area (Å²) in [6, 6.07) is 0.294. The van der Waals surface area contributed by atoms with E-state index in [1.165, 1.54) is 37.7 Å². The van der Waals surface area contributed by atoms with Crippen molar-refractivity contribution in [2.75, 3.05) is 6.54 Å². The lowest BCUT2D eigenvalue weighted by atomic mass is 10.0. The van der Waals surface area contributed by atoms with Gasteiger partial charge in [0.1, 0.15) is 5.82 Å². The first-order valence-corrected chi connectivity index (χ1v) is 6.83. The molecule has 17 heavy (non-hydrogen) atoms. The average molecular weight is 233 g/mol. The first-order valence-electron chi connectivity index (χ1n) is 6.83. The van der Waals surface area contributed by atoms with Gasteiger partial charge in [0.05, 0.1) is 6.04 Å². The third-order valence-electron chi connectivity index (χ3n) is 3.34. The lowest BCUT2D eigenvalue weighted by Crippen LogP contribution is -2.25. The van der Waals surface area contributed by atoms with Crippen molar-refractivity contribution in [2.45, 2.75) is 51.5 Å². The Morgan fingerprint density at radius 2 is 2.35 bits per heavy atom. The Kier molecular flexibility index (Phi) is 4.80. The minimum Gasteiger partial charge on any atom is -0.347 e. The van der Waals surface area contributed by atoms with Crippen molar-refractivity contribution in [3.05, 3.63) is 29.9 Å². The van der Waals surface area contributed by atoms with Crippen LogP contribution in [0.1, 0.15) is 57.3 Å². The zero-order valence-electron chi connectivity index (χ0n) is 10.7. The van der Waals surface area contributed by atoms with E-state index in [0.717, 1.165) is 18.8 Å². The molecule has 3 nitrogen and oxygen atoms in total. The molecule has 0 saturated carbocycles. The molecule has 1 atom stereocenters. The van der Waals surface area contributed by atoms with Gasteiger partial charge in [-0.2, -0.15) is 0 Å². The van der Waals surface area contributed by atoms with E-state index in [-0.39, 0.29) is 0 Å². The SMILES string of the molecule is CCCNC(C1=CCCCCC1)c1ncc[nH]1. The van der Waals surface area contributed by atoms with Crippen molar-refractivity contribution in [3.63, 3.8) is 0 Å². The van der Waals surface area contributed by atoms with Gasteiger partial charge in [0.25, 0.3) is 0 Å². The average Bonchev–Trinajstić information content (AvgIpc) is 2.73. The van der Waals surface area contributed by atoms with E-state index in [1.54, 1.807) is 0 Å². The molecule has 0 fully saturated rings. The van der Waals surface area contributed by atoms with Crippen LogP contribution in [0.4, 0.5) is 0 Å². The summed E-state index contributed by atoms with van der Waals surface area (Å²) in [6.07, 6.45) is 13.8. The standard InChI is InChI=1S/C14H23N3/c1-2-9-15-13(14-16-10-11-17-14)12-7-5-3-4-6-8-12/h7,10-11,13,15H,2-6,8-9H2,1H3,(H,16,17). The number of hydrogen-bond acceptors (Lipinski definition) is 2. The minimum absolute atomic E-state index is 0.294. The largest absolute Gasteiger partial charge is 0.347 e. The van der Waals surface area contributed by atoms with Crippen LogP contribution >= 0.6 is 0 Å². The molecule has 0 aromatic carbocycles. The second kappa shape index (κ2) is 6.60. The number of hydrogen-bond donors (Lipinski definition) is 2. The van der Waals surface area contributed by atoms with Crippen LogP contribution in [0.15, 0.2) is 24.0 Å². The summed E-state index contributed by atoms with van der Waals surface area (Å²) in [6.45, 7) is 3.25. The predicted molar refractivity (Wildman–Crippen MR) is 70.8 cm³/mol. The van der Waals surface area contributed by atoms with Crippen LogP contribution in [0.5, 0.6) is 0 Å². The number of allylic oxidation sites excluding steroid dienone is 1. The molecule has 0 saturated heterocycles. The van der Waals surface area contributed by atoms with E-state index in [9.17, 15) is 0 Å². The third-order valence-corrected chi connectivity index (χ3v) is 3.34. The van der Waals surface area contributed by atoms with Gasteiger partial charge in [-0.3, -0.25) is 0 Å². The zero-order chi connectivity index (χ0) is 11.9. The van der Waals surface area contributed by atoms with E-state index in [4.69, 9.17) is 0 Å². The van der Waals surface area contributed by atoms with Crippen LogP contribution in [-0.2, 0) is 0 Å². The third kappa shape index (κ3) is 3.43. The monoisotopic (exact) mass is 233 g/mol. The zero-order valence-corrected chi connectivity index (χ0v) is 10.7. The molecular formula is C14H23N3. The van der Waals surface area contributed by atoms with Crippen molar-refractivity contribution in [1.82, 2.24) is 15.3 Å². The van der Waals surface area contributed by atoms with Crippen LogP contribution < -0.4 is 5.32 Å². The van der Waals surface area contributed by atoms with Gasteiger partial charge in [0.15, 0.2) is 0 Å². The summed E-state index contributed by atoms with van der Waals surface area (Å²) in [5.74, 6) is 1.06. The lowest BCUT2D eigenvalue weighted by Gasteiger charge is -2.19. The molecule has 1 heterocycles. The Hall–Kier alpha value is -1.09. The summed E-state index contributed by atoms with van der Waals surface area (Å²) in [7, 11) is 0. The number of nitrogens with zero attached hydrogens (tertiary/aromatic N) is 1. The van der Waals surface area contributed by atoms with E-state index in [0.29, 0.717) is 6.04 Å². The first kappa shape index (κ1) is 12.4. The molecule has 94 valence electrons. The fourth-order valence-electron chi connectivity index (χ4n) is 2.43. The van der Waals surface area contributed by atoms with Gasteiger partial charge in [-0.1, -0.05) is 19.4 Å². The molecule has 0 aliphatic heterocycles. The highest BCUT2D eigenvalue weighted by atomic mass is 15.0. The molecule has 1 aliphatic rings. The number of aromatic amines is 1. The van der Waals surface area contributed by atoms with E-state index in [1.807, 2.05) is 12.4 Å². The van der Waals surface area contributed by atoms with Gasteiger partial charge in [-0.15, -0.1) is 0 Å². The van der Waals surface area contributed by atoms with Gasteiger partial charge >= 0.3 is 0 Å². The molecule has 2 N–H and O–H groups in total. The number of H-pyrrole nitrogens is 1.